The molecule has 1 aliphatic heterocycles. The van der Waals surface area contributed by atoms with E-state index in [1.807, 2.05) is 0 Å². The lowest BCUT2D eigenvalue weighted by atomic mass is 10.1. The van der Waals surface area contributed by atoms with Gasteiger partial charge in [0.05, 0.1) is 12.4 Å². The number of aromatic nitrogens is 2. The zero-order valence-electron chi connectivity index (χ0n) is 16.1. The zero-order chi connectivity index (χ0) is 21.2. The summed E-state index contributed by atoms with van der Waals surface area (Å²) in [5.74, 6) is -2.11. The summed E-state index contributed by atoms with van der Waals surface area (Å²) in [4.78, 5) is 47.2. The van der Waals surface area contributed by atoms with E-state index >= 15 is 0 Å². The molecule has 3 atom stereocenters. The van der Waals surface area contributed by atoms with Gasteiger partial charge < -0.3 is 37.5 Å². The highest BCUT2D eigenvalue weighted by atomic mass is 16.4. The van der Waals surface area contributed by atoms with Gasteiger partial charge in [-0.05, 0) is 32.2 Å². The second-order valence-electron chi connectivity index (χ2n) is 6.84. The van der Waals surface area contributed by atoms with Crippen molar-refractivity contribution in [3.05, 3.63) is 18.2 Å². The topological polar surface area (TPSA) is 201 Å². The van der Waals surface area contributed by atoms with Gasteiger partial charge in [0.2, 0.25) is 11.8 Å². The number of carbonyl (C=O) groups excluding carboxylic acids is 2. The largest absolute Gasteiger partial charge is 0.480 e. The molecule has 0 aromatic carbocycles. The van der Waals surface area contributed by atoms with E-state index in [9.17, 15) is 19.5 Å². The van der Waals surface area contributed by atoms with Crippen LogP contribution < -0.4 is 27.4 Å². The minimum atomic E-state index is -1.18. The third kappa shape index (κ3) is 7.41. The molecule has 0 saturated carbocycles. The average Bonchev–Trinajstić information content (AvgIpc) is 3.36. The number of carboxylic acid groups (broad SMARTS) is 1. The van der Waals surface area contributed by atoms with Crippen LogP contribution in [0.3, 0.4) is 0 Å². The Morgan fingerprint density at radius 1 is 1.31 bits per heavy atom. The molecule has 0 bridgehead atoms. The molecule has 1 aliphatic rings. The first-order valence-electron chi connectivity index (χ1n) is 9.46. The first kappa shape index (κ1) is 22.1. The van der Waals surface area contributed by atoms with Crippen molar-refractivity contribution in [3.63, 3.8) is 0 Å². The van der Waals surface area contributed by atoms with Gasteiger partial charge >= 0.3 is 5.97 Å². The van der Waals surface area contributed by atoms with E-state index in [4.69, 9.17) is 11.5 Å². The number of nitrogens with one attached hydrogen (secondary N) is 4. The molecule has 0 radical (unpaired) electrons. The molecule has 12 nitrogen and oxygen atoms in total. The molecular weight excluding hydrogens is 380 g/mol. The maximum atomic E-state index is 12.7. The van der Waals surface area contributed by atoms with Gasteiger partial charge in [0.15, 0.2) is 5.96 Å². The molecule has 0 spiro atoms. The van der Waals surface area contributed by atoms with Crippen molar-refractivity contribution in [1.29, 1.82) is 0 Å². The molecular formula is C17H28N8O4. The molecule has 2 amide bonds. The Hall–Kier alpha value is -3.15. The first-order valence-corrected chi connectivity index (χ1v) is 9.46. The predicted molar refractivity (Wildman–Crippen MR) is 105 cm³/mol. The molecule has 29 heavy (non-hydrogen) atoms. The van der Waals surface area contributed by atoms with Crippen LogP contribution in [0.15, 0.2) is 17.5 Å². The molecule has 1 fully saturated rings. The van der Waals surface area contributed by atoms with Crippen LogP contribution in [0, 0.1) is 0 Å². The lowest BCUT2D eigenvalue weighted by Gasteiger charge is -2.22. The van der Waals surface area contributed by atoms with Crippen LogP contribution in [-0.4, -0.2) is 70.0 Å². The normalized spacial score (nSPS) is 17.9. The number of nitrogens with two attached hydrogens (primary N) is 2. The Morgan fingerprint density at radius 2 is 2.10 bits per heavy atom. The summed E-state index contributed by atoms with van der Waals surface area (Å²) in [7, 11) is 0. The fraction of sp³-hybridized carbons (Fsp3) is 0.588. The maximum Gasteiger partial charge on any atom is 0.326 e. The number of hydrogen-bond donors (Lipinski definition) is 7. The van der Waals surface area contributed by atoms with Gasteiger partial charge in [-0.25, -0.2) is 9.78 Å². The summed E-state index contributed by atoms with van der Waals surface area (Å²) < 4.78 is 0. The number of hydrogen-bond acceptors (Lipinski definition) is 6. The third-order valence-electron chi connectivity index (χ3n) is 4.55. The molecule has 1 saturated heterocycles. The fourth-order valence-corrected chi connectivity index (χ4v) is 3.04. The molecule has 12 heteroatoms. The number of aromatic amines is 1. The Labute approximate surface area is 167 Å². The lowest BCUT2D eigenvalue weighted by Crippen LogP contribution is -2.54. The molecule has 3 unspecified atom stereocenters. The van der Waals surface area contributed by atoms with Crippen molar-refractivity contribution in [1.82, 2.24) is 25.9 Å². The van der Waals surface area contributed by atoms with E-state index in [1.165, 1.54) is 12.5 Å². The standard InChI is InChI=1S/C17H28N8O4/c18-17(19)22-6-2-4-12(24-14(26)11-3-1-5-21-11)15(27)25-13(16(28)29)7-10-8-20-9-23-10/h8-9,11-13,21H,1-7H2,(H,20,23)(H,24,26)(H,25,27)(H,28,29)(H4,18,19,22). The number of nitrogens with zero attached hydrogens (tertiary/aromatic N) is 2. The average molecular weight is 408 g/mol. The van der Waals surface area contributed by atoms with E-state index in [0.717, 1.165) is 13.0 Å². The molecule has 2 rings (SSSR count). The summed E-state index contributed by atoms with van der Waals surface area (Å²) in [5, 5.41) is 17.7. The van der Waals surface area contributed by atoms with Gasteiger partial charge in [-0.2, -0.15) is 0 Å². The van der Waals surface area contributed by atoms with E-state index in [2.05, 4.69) is 30.9 Å². The monoisotopic (exact) mass is 408 g/mol. The van der Waals surface area contributed by atoms with Crippen molar-refractivity contribution in [2.75, 3.05) is 13.1 Å². The van der Waals surface area contributed by atoms with E-state index < -0.39 is 24.0 Å². The van der Waals surface area contributed by atoms with Crippen LogP contribution in [0.4, 0.5) is 0 Å². The zero-order valence-corrected chi connectivity index (χ0v) is 16.1. The third-order valence-corrected chi connectivity index (χ3v) is 4.55. The quantitative estimate of drug-likeness (QED) is 0.121. The van der Waals surface area contributed by atoms with Crippen molar-refractivity contribution in [2.24, 2.45) is 16.5 Å². The van der Waals surface area contributed by atoms with Crippen LogP contribution in [0.1, 0.15) is 31.4 Å². The van der Waals surface area contributed by atoms with Gasteiger partial charge in [0.25, 0.3) is 0 Å². The van der Waals surface area contributed by atoms with Crippen LogP contribution in [0.25, 0.3) is 0 Å². The predicted octanol–water partition coefficient (Wildman–Crippen LogP) is -2.19. The van der Waals surface area contributed by atoms with Gasteiger partial charge in [0, 0.05) is 24.9 Å². The second-order valence-corrected chi connectivity index (χ2v) is 6.84. The number of aliphatic imine (C=N–C) groups is 1. The summed E-state index contributed by atoms with van der Waals surface area (Å²) in [5.41, 5.74) is 11.2. The number of carboxylic acids is 1. The Bertz CT molecular complexity index is 711. The van der Waals surface area contributed by atoms with Crippen LogP contribution >= 0.6 is 0 Å². The van der Waals surface area contributed by atoms with E-state index in [-0.39, 0.29) is 30.8 Å². The molecule has 2 heterocycles. The number of imidazole rings is 1. The van der Waals surface area contributed by atoms with Crippen LogP contribution in [0.2, 0.25) is 0 Å². The highest BCUT2D eigenvalue weighted by Crippen LogP contribution is 2.07. The Kier molecular flexibility index (Phi) is 8.40. The smallest absolute Gasteiger partial charge is 0.326 e. The van der Waals surface area contributed by atoms with Gasteiger partial charge in [-0.3, -0.25) is 14.6 Å². The second kappa shape index (κ2) is 11.0. The summed E-state index contributed by atoms with van der Waals surface area (Å²) >= 11 is 0. The number of carbonyl (C=O) groups is 3. The highest BCUT2D eigenvalue weighted by Gasteiger charge is 2.29. The molecule has 1 aromatic heterocycles. The van der Waals surface area contributed by atoms with Crippen LogP contribution in [-0.2, 0) is 20.8 Å². The van der Waals surface area contributed by atoms with Crippen molar-refractivity contribution < 1.29 is 19.5 Å². The number of H-pyrrole nitrogens is 1. The van der Waals surface area contributed by atoms with E-state index in [0.29, 0.717) is 25.1 Å². The minimum absolute atomic E-state index is 0.0416. The van der Waals surface area contributed by atoms with Crippen LogP contribution in [0.5, 0.6) is 0 Å². The minimum Gasteiger partial charge on any atom is -0.480 e. The summed E-state index contributed by atoms with van der Waals surface area (Å²) in [6, 6.07) is -2.42. The van der Waals surface area contributed by atoms with E-state index in [1.54, 1.807) is 0 Å². The van der Waals surface area contributed by atoms with Gasteiger partial charge in [0.1, 0.15) is 12.1 Å². The summed E-state index contributed by atoms with van der Waals surface area (Å²) in [6.45, 7) is 1.03. The molecule has 1 aromatic rings. The lowest BCUT2D eigenvalue weighted by molar-refractivity contribution is -0.142. The van der Waals surface area contributed by atoms with Crippen molar-refractivity contribution >= 4 is 23.7 Å². The molecule has 160 valence electrons. The van der Waals surface area contributed by atoms with Crippen molar-refractivity contribution in [3.8, 4) is 0 Å². The Balaban J connectivity index is 2.00. The summed E-state index contributed by atoms with van der Waals surface area (Å²) in [6.07, 6.45) is 5.22. The SMILES string of the molecule is NC(N)=NCCCC(NC(=O)C1CCCN1)C(=O)NC(Cc1cnc[nH]1)C(=O)O. The molecule has 9 N–H and O–H groups in total. The fourth-order valence-electron chi connectivity index (χ4n) is 3.04. The first-order chi connectivity index (χ1) is 13.9. The number of guanidine groups is 1. The Morgan fingerprint density at radius 3 is 2.69 bits per heavy atom. The van der Waals surface area contributed by atoms with Gasteiger partial charge in [-0.15, -0.1) is 0 Å². The highest BCUT2D eigenvalue weighted by molar-refractivity contribution is 5.92. The maximum absolute atomic E-state index is 12.7. The molecule has 0 aliphatic carbocycles. The number of amides is 2. The van der Waals surface area contributed by atoms with Gasteiger partial charge in [-0.1, -0.05) is 0 Å². The van der Waals surface area contributed by atoms with Crippen molar-refractivity contribution in [2.45, 2.75) is 50.2 Å². The number of aliphatic carboxylic acids is 1. The number of rotatable bonds is 11.